The Hall–Kier alpha value is -2.10. The van der Waals surface area contributed by atoms with Crippen LogP contribution >= 0.6 is 0 Å². The van der Waals surface area contributed by atoms with E-state index in [1.807, 2.05) is 44.3 Å². The Balaban J connectivity index is 2.03. The Morgan fingerprint density at radius 1 is 1.22 bits per heavy atom. The Labute approximate surface area is 139 Å². The lowest BCUT2D eigenvalue weighted by Crippen LogP contribution is -2.26. The highest BCUT2D eigenvalue weighted by molar-refractivity contribution is 5.92. The van der Waals surface area contributed by atoms with Crippen LogP contribution < -0.4 is 4.90 Å². The zero-order chi connectivity index (χ0) is 17.0. The maximum atomic E-state index is 12.4. The molecule has 4 heteroatoms. The van der Waals surface area contributed by atoms with Crippen LogP contribution in [0.4, 0.5) is 5.69 Å². The highest BCUT2D eigenvalue weighted by Gasteiger charge is 2.16. The highest BCUT2D eigenvalue weighted by atomic mass is 16.2. The molecular formula is C19H27N3O. The Morgan fingerprint density at radius 2 is 1.87 bits per heavy atom. The van der Waals surface area contributed by atoms with E-state index in [0.29, 0.717) is 12.3 Å². The third-order valence-corrected chi connectivity index (χ3v) is 4.18. The van der Waals surface area contributed by atoms with E-state index in [2.05, 4.69) is 30.6 Å². The van der Waals surface area contributed by atoms with Gasteiger partial charge in [0, 0.05) is 31.4 Å². The number of carbonyl (C=O) groups excluding carboxylic acids is 1. The van der Waals surface area contributed by atoms with Crippen LogP contribution in [0.1, 0.15) is 37.2 Å². The lowest BCUT2D eigenvalue weighted by atomic mass is 10.1. The first-order chi connectivity index (χ1) is 10.9. The van der Waals surface area contributed by atoms with Crippen molar-refractivity contribution in [2.24, 2.45) is 5.92 Å². The van der Waals surface area contributed by atoms with E-state index in [-0.39, 0.29) is 5.91 Å². The average molecular weight is 313 g/mol. The van der Waals surface area contributed by atoms with Crippen molar-refractivity contribution in [3.8, 4) is 0 Å². The van der Waals surface area contributed by atoms with E-state index in [0.717, 1.165) is 24.3 Å². The van der Waals surface area contributed by atoms with Crippen molar-refractivity contribution in [2.75, 3.05) is 11.9 Å². The molecule has 0 aliphatic heterocycles. The number of nitrogens with zero attached hydrogens (tertiary/aromatic N) is 3. The molecule has 0 spiro atoms. The molecule has 1 aromatic carbocycles. The monoisotopic (exact) mass is 313 g/mol. The van der Waals surface area contributed by atoms with Gasteiger partial charge in [-0.1, -0.05) is 32.0 Å². The van der Waals surface area contributed by atoms with Gasteiger partial charge in [-0.3, -0.25) is 9.48 Å². The second-order valence-electron chi connectivity index (χ2n) is 6.51. The Bertz CT molecular complexity index is 659. The summed E-state index contributed by atoms with van der Waals surface area (Å²) in [5, 5.41) is 4.62. The van der Waals surface area contributed by atoms with Gasteiger partial charge in [0.2, 0.25) is 5.91 Å². The van der Waals surface area contributed by atoms with Gasteiger partial charge in [-0.15, -0.1) is 0 Å². The van der Waals surface area contributed by atoms with Crippen molar-refractivity contribution < 1.29 is 4.79 Å². The molecule has 4 nitrogen and oxygen atoms in total. The number of amides is 1. The summed E-state index contributed by atoms with van der Waals surface area (Å²) in [7, 11) is 1.83. The molecule has 124 valence electrons. The molecule has 0 aliphatic rings. The van der Waals surface area contributed by atoms with Gasteiger partial charge in [-0.25, -0.2) is 0 Å². The predicted molar refractivity (Wildman–Crippen MR) is 94.7 cm³/mol. The number of hydrogen-bond donors (Lipinski definition) is 0. The van der Waals surface area contributed by atoms with Gasteiger partial charge in [-0.2, -0.15) is 5.10 Å². The van der Waals surface area contributed by atoms with Crippen LogP contribution in [0.5, 0.6) is 0 Å². The molecule has 2 rings (SSSR count). The summed E-state index contributed by atoms with van der Waals surface area (Å²) in [6, 6.07) is 9.76. The summed E-state index contributed by atoms with van der Waals surface area (Å²) in [4.78, 5) is 14.1. The van der Waals surface area contributed by atoms with Crippen LogP contribution in [-0.2, 0) is 17.8 Å². The number of carbonyl (C=O) groups is 1. The quantitative estimate of drug-likeness (QED) is 0.814. The molecule has 1 aromatic heterocycles. The van der Waals surface area contributed by atoms with E-state index < -0.39 is 0 Å². The van der Waals surface area contributed by atoms with Gasteiger partial charge in [0.1, 0.15) is 0 Å². The molecular weight excluding hydrogens is 286 g/mol. The van der Waals surface area contributed by atoms with Crippen LogP contribution in [0, 0.1) is 19.8 Å². The van der Waals surface area contributed by atoms with Crippen LogP contribution in [0.3, 0.4) is 0 Å². The molecule has 0 N–H and O–H groups in total. The van der Waals surface area contributed by atoms with Gasteiger partial charge < -0.3 is 4.90 Å². The van der Waals surface area contributed by atoms with Crippen molar-refractivity contribution in [1.82, 2.24) is 9.78 Å². The SMILES string of the molecule is Cc1nn(CC(C)C)c(C)c1CCC(=O)N(C)c1ccccc1. The molecule has 0 unspecified atom stereocenters. The fraction of sp³-hybridized carbons (Fsp3) is 0.474. The minimum absolute atomic E-state index is 0.131. The Kier molecular flexibility index (Phi) is 5.59. The van der Waals surface area contributed by atoms with Crippen molar-refractivity contribution in [1.29, 1.82) is 0 Å². The second-order valence-corrected chi connectivity index (χ2v) is 6.51. The maximum absolute atomic E-state index is 12.4. The fourth-order valence-electron chi connectivity index (χ4n) is 2.81. The summed E-state index contributed by atoms with van der Waals surface area (Å²) >= 11 is 0. The number of aromatic nitrogens is 2. The smallest absolute Gasteiger partial charge is 0.227 e. The number of aryl methyl sites for hydroxylation is 1. The molecule has 23 heavy (non-hydrogen) atoms. The van der Waals surface area contributed by atoms with E-state index in [9.17, 15) is 4.79 Å². The minimum Gasteiger partial charge on any atom is -0.315 e. The summed E-state index contributed by atoms with van der Waals surface area (Å²) in [6.45, 7) is 9.43. The number of hydrogen-bond acceptors (Lipinski definition) is 2. The van der Waals surface area contributed by atoms with Crippen LogP contribution in [0.15, 0.2) is 30.3 Å². The summed E-state index contributed by atoms with van der Waals surface area (Å²) in [6.07, 6.45) is 1.24. The lowest BCUT2D eigenvalue weighted by Gasteiger charge is -2.17. The second kappa shape index (κ2) is 7.44. The van der Waals surface area contributed by atoms with Crippen molar-refractivity contribution in [2.45, 2.75) is 47.1 Å². The third kappa shape index (κ3) is 4.21. The molecule has 1 amide bonds. The zero-order valence-corrected chi connectivity index (χ0v) is 14.8. The maximum Gasteiger partial charge on any atom is 0.227 e. The minimum atomic E-state index is 0.131. The first kappa shape index (κ1) is 17.3. The molecule has 0 saturated carbocycles. The number of benzene rings is 1. The summed E-state index contributed by atoms with van der Waals surface area (Å²) in [5.74, 6) is 0.693. The van der Waals surface area contributed by atoms with Crippen molar-refractivity contribution >= 4 is 11.6 Å². The molecule has 0 aliphatic carbocycles. The standard InChI is InChI=1S/C19H27N3O/c1-14(2)13-22-16(4)18(15(3)20-22)11-12-19(23)21(5)17-9-7-6-8-10-17/h6-10,14H,11-13H2,1-5H3. The van der Waals surface area contributed by atoms with E-state index in [4.69, 9.17) is 0 Å². The highest BCUT2D eigenvalue weighted by Crippen LogP contribution is 2.18. The first-order valence-electron chi connectivity index (χ1n) is 8.24. The summed E-state index contributed by atoms with van der Waals surface area (Å²) < 4.78 is 2.07. The zero-order valence-electron chi connectivity index (χ0n) is 14.8. The molecule has 0 saturated heterocycles. The van der Waals surface area contributed by atoms with E-state index >= 15 is 0 Å². The van der Waals surface area contributed by atoms with Crippen LogP contribution in [0.25, 0.3) is 0 Å². The average Bonchev–Trinajstić information content (AvgIpc) is 2.78. The van der Waals surface area contributed by atoms with Crippen molar-refractivity contribution in [3.05, 3.63) is 47.3 Å². The normalized spacial score (nSPS) is 11.0. The third-order valence-electron chi connectivity index (χ3n) is 4.18. The first-order valence-corrected chi connectivity index (χ1v) is 8.24. The van der Waals surface area contributed by atoms with Crippen LogP contribution in [-0.4, -0.2) is 22.7 Å². The van der Waals surface area contributed by atoms with E-state index in [1.165, 1.54) is 11.3 Å². The molecule has 0 bridgehead atoms. The van der Waals surface area contributed by atoms with Gasteiger partial charge >= 0.3 is 0 Å². The van der Waals surface area contributed by atoms with Gasteiger partial charge in [0.05, 0.1) is 5.69 Å². The fourth-order valence-corrected chi connectivity index (χ4v) is 2.81. The van der Waals surface area contributed by atoms with Gasteiger partial charge in [0.15, 0.2) is 0 Å². The Morgan fingerprint density at radius 3 is 2.48 bits per heavy atom. The molecule has 1 heterocycles. The van der Waals surface area contributed by atoms with Crippen LogP contribution in [0.2, 0.25) is 0 Å². The van der Waals surface area contributed by atoms with Gasteiger partial charge in [0.25, 0.3) is 0 Å². The number of rotatable bonds is 6. The molecule has 2 aromatic rings. The van der Waals surface area contributed by atoms with E-state index in [1.54, 1.807) is 4.90 Å². The largest absolute Gasteiger partial charge is 0.315 e. The molecule has 0 radical (unpaired) electrons. The van der Waals surface area contributed by atoms with Crippen molar-refractivity contribution in [3.63, 3.8) is 0 Å². The molecule has 0 atom stereocenters. The lowest BCUT2D eigenvalue weighted by molar-refractivity contribution is -0.118. The van der Waals surface area contributed by atoms with Gasteiger partial charge in [-0.05, 0) is 43.9 Å². The number of anilines is 1. The summed E-state index contributed by atoms with van der Waals surface area (Å²) in [5.41, 5.74) is 4.37. The topological polar surface area (TPSA) is 38.1 Å². The molecule has 0 fully saturated rings. The number of para-hydroxylation sites is 1. The predicted octanol–water partition coefficient (Wildman–Crippen LogP) is 3.75.